The van der Waals surface area contributed by atoms with Crippen molar-refractivity contribution >= 4 is 30.4 Å². The van der Waals surface area contributed by atoms with Gasteiger partial charge in [-0.05, 0) is 50.7 Å². The van der Waals surface area contributed by atoms with E-state index in [0.29, 0.717) is 12.1 Å². The number of piperidine rings is 1. The smallest absolute Gasteiger partial charge is 0.223 e. The van der Waals surface area contributed by atoms with Gasteiger partial charge in [-0.3, -0.25) is 14.1 Å². The number of nitrogens with zero attached hydrogens (tertiary/aromatic N) is 4. The molecule has 0 spiro atoms. The van der Waals surface area contributed by atoms with Crippen LogP contribution in [0.5, 0.6) is 0 Å². The number of aromatic amines is 1. The molecule has 7 nitrogen and oxygen atoms in total. The van der Waals surface area contributed by atoms with Crippen molar-refractivity contribution in [2.24, 2.45) is 5.92 Å². The van der Waals surface area contributed by atoms with Crippen molar-refractivity contribution in [3.05, 3.63) is 36.3 Å². The molecular weight excluding hydrogens is 450 g/mol. The number of hydrogen-bond donors (Lipinski definition) is 2. The summed E-state index contributed by atoms with van der Waals surface area (Å²) in [5.74, 6) is 1.42. The Bertz CT molecular complexity index is 943. The topological polar surface area (TPSA) is 67.5 Å². The Morgan fingerprint density at radius 1 is 1.00 bits per heavy atom. The highest BCUT2D eigenvalue weighted by atomic mass is 31.0. The van der Waals surface area contributed by atoms with E-state index in [4.69, 9.17) is 4.98 Å². The van der Waals surface area contributed by atoms with Gasteiger partial charge < -0.3 is 15.2 Å². The van der Waals surface area contributed by atoms with Crippen molar-refractivity contribution in [2.45, 2.75) is 50.6 Å². The van der Waals surface area contributed by atoms with Crippen LogP contribution in [0.4, 0.5) is 5.69 Å². The van der Waals surface area contributed by atoms with Crippen LogP contribution in [0.2, 0.25) is 0 Å². The van der Waals surface area contributed by atoms with Crippen LogP contribution in [0.3, 0.4) is 0 Å². The van der Waals surface area contributed by atoms with Crippen molar-refractivity contribution in [2.75, 3.05) is 37.6 Å². The third-order valence-corrected chi connectivity index (χ3v) is 8.83. The van der Waals surface area contributed by atoms with E-state index in [0.717, 1.165) is 69.1 Å². The zero-order valence-electron chi connectivity index (χ0n) is 19.2. The van der Waals surface area contributed by atoms with Gasteiger partial charge in [-0.2, -0.15) is 0 Å². The predicted molar refractivity (Wildman–Crippen MR) is 140 cm³/mol. The molecule has 4 heterocycles. The van der Waals surface area contributed by atoms with Gasteiger partial charge in [-0.15, -0.1) is 0 Å². The van der Waals surface area contributed by atoms with Crippen molar-refractivity contribution in [3.63, 3.8) is 0 Å². The summed E-state index contributed by atoms with van der Waals surface area (Å²) < 4.78 is 4.57. The molecule has 1 aromatic carbocycles. The number of imidazole rings is 1. The molecule has 0 aliphatic carbocycles. The van der Waals surface area contributed by atoms with E-state index in [-0.39, 0.29) is 11.8 Å². The normalized spacial score (nSPS) is 25.1. The highest BCUT2D eigenvalue weighted by Gasteiger charge is 2.28. The van der Waals surface area contributed by atoms with Crippen LogP contribution >= 0.6 is 18.8 Å². The molecule has 2 N–H and O–H groups in total. The van der Waals surface area contributed by atoms with Gasteiger partial charge in [0.05, 0.1) is 11.7 Å². The second-order valence-electron chi connectivity index (χ2n) is 9.65. The minimum absolute atomic E-state index is 0.134. The largest absolute Gasteiger partial charge is 0.371 e. The van der Waals surface area contributed by atoms with Crippen molar-refractivity contribution < 1.29 is 4.79 Å². The lowest BCUT2D eigenvalue weighted by Gasteiger charge is -2.33. The second-order valence-corrected chi connectivity index (χ2v) is 11.0. The summed E-state index contributed by atoms with van der Waals surface area (Å²) in [5.41, 5.74) is 3.37. The Kier molecular flexibility index (Phi) is 7.32. The lowest BCUT2D eigenvalue weighted by Crippen LogP contribution is -2.43. The zero-order chi connectivity index (χ0) is 22.8. The van der Waals surface area contributed by atoms with Crippen molar-refractivity contribution in [3.8, 4) is 11.3 Å². The van der Waals surface area contributed by atoms with Crippen LogP contribution in [-0.4, -0.2) is 64.0 Å². The Morgan fingerprint density at radius 2 is 1.73 bits per heavy atom. The first-order valence-corrected chi connectivity index (χ1v) is 13.3. The molecule has 5 rings (SSSR count). The average molecular weight is 487 g/mol. The minimum atomic E-state index is 0.134. The first kappa shape index (κ1) is 23.2. The maximum atomic E-state index is 12.7. The molecule has 178 valence electrons. The standard InChI is InChI=1S/C24H36N6OP2/c31-24(26-15-20-3-1-11-29(20)32)18-9-13-28(14-10-18)19-7-5-17(6-8-19)21-16-25-23(27-21)22-4-2-12-30(22)33/h5-8,16,18,20,22H,1-4,9-15,32-33H2,(H,25,27)(H,26,31)/t20-,22-/m0/s1. The van der Waals surface area contributed by atoms with Crippen LogP contribution in [-0.2, 0) is 4.79 Å². The maximum Gasteiger partial charge on any atom is 0.223 e. The van der Waals surface area contributed by atoms with E-state index in [1.54, 1.807) is 0 Å². The number of benzene rings is 1. The van der Waals surface area contributed by atoms with Crippen LogP contribution in [0.15, 0.2) is 30.5 Å². The fraction of sp³-hybridized carbons (Fsp3) is 0.583. The second kappa shape index (κ2) is 10.4. The average Bonchev–Trinajstić information content (AvgIpc) is 3.59. The van der Waals surface area contributed by atoms with Gasteiger partial charge >= 0.3 is 0 Å². The van der Waals surface area contributed by atoms with E-state index in [1.807, 2.05) is 6.20 Å². The number of amides is 1. The molecule has 3 aliphatic heterocycles. The molecule has 0 radical (unpaired) electrons. The number of anilines is 1. The number of aromatic nitrogens is 2. The van der Waals surface area contributed by atoms with Crippen molar-refractivity contribution in [1.82, 2.24) is 24.6 Å². The summed E-state index contributed by atoms with van der Waals surface area (Å²) in [6.45, 7) is 4.84. The number of carbonyl (C=O) groups excluding carboxylic acids is 1. The summed E-state index contributed by atoms with van der Waals surface area (Å²) >= 11 is 0. The first-order valence-electron chi connectivity index (χ1n) is 12.3. The molecule has 1 aromatic heterocycles. The Balaban J connectivity index is 1.13. The lowest BCUT2D eigenvalue weighted by molar-refractivity contribution is -0.125. The third-order valence-electron chi connectivity index (χ3n) is 7.54. The third kappa shape index (κ3) is 5.27. The van der Waals surface area contributed by atoms with Gasteiger partial charge in [-0.25, -0.2) is 4.98 Å². The molecule has 9 heteroatoms. The number of H-pyrrole nitrogens is 1. The highest BCUT2D eigenvalue weighted by Crippen LogP contribution is 2.34. The number of nitrogens with one attached hydrogen (secondary N) is 2. The molecular formula is C24H36N6OP2. The Morgan fingerprint density at radius 3 is 2.39 bits per heavy atom. The van der Waals surface area contributed by atoms with Crippen molar-refractivity contribution in [1.29, 1.82) is 0 Å². The molecule has 4 atom stereocenters. The molecule has 2 aromatic rings. The van der Waals surface area contributed by atoms with Gasteiger partial charge in [-0.1, -0.05) is 30.9 Å². The van der Waals surface area contributed by atoms with E-state index in [2.05, 4.69) is 67.6 Å². The minimum Gasteiger partial charge on any atom is -0.371 e. The summed E-state index contributed by atoms with van der Waals surface area (Å²) in [6, 6.07) is 9.56. The number of hydrogen-bond acceptors (Lipinski definition) is 5. The summed E-state index contributed by atoms with van der Waals surface area (Å²) in [4.78, 5) is 23.3. The Hall–Kier alpha value is -1.52. The predicted octanol–water partition coefficient (Wildman–Crippen LogP) is 3.59. The molecule has 2 unspecified atom stereocenters. The van der Waals surface area contributed by atoms with E-state index in [9.17, 15) is 4.79 Å². The number of rotatable bonds is 6. The zero-order valence-corrected chi connectivity index (χ0v) is 21.6. The van der Waals surface area contributed by atoms with E-state index >= 15 is 0 Å². The van der Waals surface area contributed by atoms with E-state index < -0.39 is 0 Å². The molecule has 0 saturated carbocycles. The molecule has 0 bridgehead atoms. The number of carbonyl (C=O) groups is 1. The molecule has 3 fully saturated rings. The molecule has 33 heavy (non-hydrogen) atoms. The van der Waals surface area contributed by atoms with Gasteiger partial charge in [0.25, 0.3) is 0 Å². The first-order chi connectivity index (χ1) is 16.1. The fourth-order valence-electron chi connectivity index (χ4n) is 5.42. The SMILES string of the molecule is O=C(NC[C@@H]1CCCN1P)C1CCN(c2ccc(-c3c[nH]c([C@@H]4CCCN4P)n3)cc2)CC1. The van der Waals surface area contributed by atoms with Gasteiger partial charge in [0.1, 0.15) is 5.82 Å². The molecule has 1 amide bonds. The summed E-state index contributed by atoms with van der Waals surface area (Å²) in [5, 5.41) is 3.20. The lowest BCUT2D eigenvalue weighted by atomic mass is 9.95. The fourth-order valence-corrected chi connectivity index (χ4v) is 6.33. The summed E-state index contributed by atoms with van der Waals surface area (Å²) in [6.07, 6.45) is 8.62. The quantitative estimate of drug-likeness (QED) is 0.611. The van der Waals surface area contributed by atoms with Gasteiger partial charge in [0.15, 0.2) is 0 Å². The van der Waals surface area contributed by atoms with Gasteiger partial charge in [0, 0.05) is 62.1 Å². The van der Waals surface area contributed by atoms with Crippen LogP contribution in [0.1, 0.15) is 50.4 Å². The maximum absolute atomic E-state index is 12.7. The van der Waals surface area contributed by atoms with Crippen LogP contribution < -0.4 is 10.2 Å². The summed E-state index contributed by atoms with van der Waals surface area (Å²) in [7, 11) is 5.62. The Labute approximate surface area is 201 Å². The van der Waals surface area contributed by atoms with E-state index in [1.165, 1.54) is 24.9 Å². The monoisotopic (exact) mass is 486 g/mol. The van der Waals surface area contributed by atoms with Crippen LogP contribution in [0.25, 0.3) is 11.3 Å². The van der Waals surface area contributed by atoms with Gasteiger partial charge in [0.2, 0.25) is 5.91 Å². The van der Waals surface area contributed by atoms with Crippen LogP contribution in [0, 0.1) is 5.92 Å². The molecule has 3 saturated heterocycles. The highest BCUT2D eigenvalue weighted by molar-refractivity contribution is 7.13. The molecule has 3 aliphatic rings.